The van der Waals surface area contributed by atoms with Crippen molar-refractivity contribution in [3.63, 3.8) is 0 Å². The Labute approximate surface area is 186 Å². The second-order valence-electron chi connectivity index (χ2n) is 7.99. The van der Waals surface area contributed by atoms with E-state index in [0.717, 1.165) is 6.07 Å². The number of fused-ring (bicyclic) bond motifs is 2. The van der Waals surface area contributed by atoms with Gasteiger partial charge in [-0.25, -0.2) is 14.4 Å². The van der Waals surface area contributed by atoms with E-state index in [1.807, 2.05) is 0 Å². The van der Waals surface area contributed by atoms with Gasteiger partial charge in [0.2, 0.25) is 0 Å². The van der Waals surface area contributed by atoms with E-state index in [1.165, 1.54) is 12.3 Å². The molecule has 0 saturated heterocycles. The minimum absolute atomic E-state index is 0.0951. The number of phenolic OH excluding ortho intramolecular Hbond substituents is 1. The van der Waals surface area contributed by atoms with E-state index in [-0.39, 0.29) is 23.2 Å². The highest BCUT2D eigenvalue weighted by molar-refractivity contribution is 6.32. The van der Waals surface area contributed by atoms with Crippen molar-refractivity contribution in [3.8, 4) is 5.75 Å². The molecule has 32 heavy (non-hydrogen) atoms. The quantitative estimate of drug-likeness (QED) is 0.424. The number of aromatic hydroxyl groups is 1. The Bertz CT molecular complexity index is 1200. The molecule has 5 nitrogen and oxygen atoms in total. The first-order valence-corrected chi connectivity index (χ1v) is 10.3. The van der Waals surface area contributed by atoms with E-state index in [4.69, 9.17) is 11.6 Å². The molecule has 10 heteroatoms. The molecule has 3 atom stereocenters. The number of nitrogens with one attached hydrogen (secondary N) is 1. The molecule has 3 N–H and O–H groups in total. The summed E-state index contributed by atoms with van der Waals surface area (Å²) < 4.78 is 57.2. The van der Waals surface area contributed by atoms with E-state index in [1.54, 1.807) is 26.0 Å². The zero-order valence-corrected chi connectivity index (χ0v) is 17.9. The maximum absolute atomic E-state index is 14.5. The van der Waals surface area contributed by atoms with Crippen molar-refractivity contribution in [2.24, 2.45) is 0 Å². The van der Waals surface area contributed by atoms with E-state index in [0.29, 0.717) is 16.7 Å². The van der Waals surface area contributed by atoms with Crippen molar-refractivity contribution in [1.29, 1.82) is 0 Å². The van der Waals surface area contributed by atoms with Gasteiger partial charge in [-0.15, -0.1) is 0 Å². The molecule has 0 spiro atoms. The fourth-order valence-electron chi connectivity index (χ4n) is 4.42. The smallest absolute Gasteiger partial charge is 0.419 e. The normalized spacial score (nSPS) is 23.2. The molecular weight excluding hydrogens is 450 g/mol. The summed E-state index contributed by atoms with van der Waals surface area (Å²) in [6, 6.07) is 3.83. The van der Waals surface area contributed by atoms with Gasteiger partial charge in [0, 0.05) is 22.8 Å². The molecule has 1 heterocycles. The molecule has 0 unspecified atom stereocenters. The maximum Gasteiger partial charge on any atom is 0.419 e. The third-order valence-electron chi connectivity index (χ3n) is 6.05. The number of hydrogen-bond donors (Lipinski definition) is 3. The van der Waals surface area contributed by atoms with Crippen LogP contribution >= 0.6 is 11.6 Å². The van der Waals surface area contributed by atoms with Crippen LogP contribution in [0.25, 0.3) is 10.9 Å². The molecule has 170 valence electrons. The number of anilines is 1. The van der Waals surface area contributed by atoms with Crippen LogP contribution in [0.15, 0.2) is 30.5 Å². The molecule has 0 saturated carbocycles. The SMILES string of the molecule is CC[C@@H]1C[C@](O)(C(F)(F)F)[C@@H](Nc2cccc3nc(C)ncc23)c2cc(F)c(Cl)c(O)c21. The van der Waals surface area contributed by atoms with Crippen LogP contribution in [-0.4, -0.2) is 32.0 Å². The monoisotopic (exact) mass is 469 g/mol. The van der Waals surface area contributed by atoms with Crippen LogP contribution in [-0.2, 0) is 0 Å². The number of hydrogen-bond acceptors (Lipinski definition) is 5. The van der Waals surface area contributed by atoms with Crippen LogP contribution in [0.5, 0.6) is 5.75 Å². The first-order valence-electron chi connectivity index (χ1n) is 9.96. The first-order chi connectivity index (χ1) is 15.0. The van der Waals surface area contributed by atoms with Crippen LogP contribution in [0.2, 0.25) is 5.02 Å². The predicted molar refractivity (Wildman–Crippen MR) is 112 cm³/mol. The fourth-order valence-corrected chi connectivity index (χ4v) is 4.58. The van der Waals surface area contributed by atoms with Crippen molar-refractivity contribution in [2.75, 3.05) is 5.32 Å². The Kier molecular flexibility index (Phi) is 5.45. The largest absolute Gasteiger partial charge is 0.506 e. The van der Waals surface area contributed by atoms with Crippen LogP contribution in [0.1, 0.15) is 48.7 Å². The van der Waals surface area contributed by atoms with Crippen molar-refractivity contribution >= 4 is 28.2 Å². The zero-order valence-electron chi connectivity index (χ0n) is 17.1. The standard InChI is InChI=1S/C22H20ClF4N3O2/c1-3-11-8-21(32,22(25,26)27)20(12-7-14(24)18(23)19(31)17(11)12)30-16-6-4-5-15-13(16)9-28-10(2)29-15/h4-7,9,11,20,30-32H,3,8H2,1-2H3/t11-,20+,21-/m1/s1. The molecule has 2 aromatic carbocycles. The Morgan fingerprint density at radius 1 is 1.31 bits per heavy atom. The number of aryl methyl sites for hydroxylation is 1. The van der Waals surface area contributed by atoms with Crippen LogP contribution in [0.3, 0.4) is 0 Å². The number of halogens is 5. The number of aliphatic hydroxyl groups is 1. The molecule has 0 aliphatic heterocycles. The highest BCUT2D eigenvalue weighted by Gasteiger charge is 2.62. The summed E-state index contributed by atoms with van der Waals surface area (Å²) in [4.78, 5) is 8.37. The number of phenols is 1. The lowest BCUT2D eigenvalue weighted by atomic mass is 9.69. The van der Waals surface area contributed by atoms with Gasteiger partial charge in [-0.2, -0.15) is 13.2 Å². The summed E-state index contributed by atoms with van der Waals surface area (Å²) in [5.74, 6) is -2.09. The van der Waals surface area contributed by atoms with Gasteiger partial charge < -0.3 is 15.5 Å². The average molecular weight is 470 g/mol. The van der Waals surface area contributed by atoms with Crippen molar-refractivity contribution < 1.29 is 27.8 Å². The Hall–Kier alpha value is -2.65. The lowest BCUT2D eigenvalue weighted by molar-refractivity contribution is -0.272. The lowest BCUT2D eigenvalue weighted by Gasteiger charge is -2.46. The number of aromatic nitrogens is 2. The van der Waals surface area contributed by atoms with E-state index >= 15 is 0 Å². The average Bonchev–Trinajstić information content (AvgIpc) is 2.72. The summed E-state index contributed by atoms with van der Waals surface area (Å²) in [5, 5.41) is 24.1. The third kappa shape index (κ3) is 3.44. The molecule has 1 aliphatic carbocycles. The van der Waals surface area contributed by atoms with E-state index in [9.17, 15) is 27.8 Å². The van der Waals surface area contributed by atoms with Gasteiger partial charge in [0.1, 0.15) is 22.4 Å². The summed E-state index contributed by atoms with van der Waals surface area (Å²) in [6.45, 7) is 3.31. The highest BCUT2D eigenvalue weighted by Crippen LogP contribution is 2.56. The van der Waals surface area contributed by atoms with Crippen LogP contribution in [0.4, 0.5) is 23.2 Å². The highest BCUT2D eigenvalue weighted by atomic mass is 35.5. The second kappa shape index (κ2) is 7.74. The van der Waals surface area contributed by atoms with Crippen molar-refractivity contribution in [3.05, 3.63) is 58.3 Å². The molecular formula is C22H20ClF4N3O2. The number of nitrogens with zero attached hydrogens (tertiary/aromatic N) is 2. The van der Waals surface area contributed by atoms with E-state index < -0.39 is 46.7 Å². The Morgan fingerprint density at radius 3 is 2.69 bits per heavy atom. The van der Waals surface area contributed by atoms with Crippen LogP contribution in [0, 0.1) is 12.7 Å². The van der Waals surface area contributed by atoms with Gasteiger partial charge >= 0.3 is 6.18 Å². The minimum atomic E-state index is -5.04. The second-order valence-corrected chi connectivity index (χ2v) is 8.37. The molecule has 0 bridgehead atoms. The molecule has 1 aliphatic rings. The van der Waals surface area contributed by atoms with Gasteiger partial charge in [-0.1, -0.05) is 24.6 Å². The summed E-state index contributed by atoms with van der Waals surface area (Å²) in [7, 11) is 0. The Morgan fingerprint density at radius 2 is 2.03 bits per heavy atom. The molecule has 0 radical (unpaired) electrons. The summed E-state index contributed by atoms with van der Waals surface area (Å²) >= 11 is 5.85. The molecule has 0 amide bonds. The Balaban J connectivity index is 1.96. The minimum Gasteiger partial charge on any atom is -0.506 e. The first kappa shape index (κ1) is 22.5. The molecule has 4 rings (SSSR count). The van der Waals surface area contributed by atoms with E-state index in [2.05, 4.69) is 15.3 Å². The molecule has 0 fully saturated rings. The van der Waals surface area contributed by atoms with Gasteiger partial charge in [-0.05, 0) is 49.4 Å². The van der Waals surface area contributed by atoms with Gasteiger partial charge in [0.05, 0.1) is 11.6 Å². The van der Waals surface area contributed by atoms with Gasteiger partial charge in [0.25, 0.3) is 0 Å². The third-order valence-corrected chi connectivity index (χ3v) is 6.41. The zero-order chi connectivity index (χ0) is 23.4. The van der Waals surface area contributed by atoms with Crippen molar-refractivity contribution in [2.45, 2.75) is 50.4 Å². The number of rotatable bonds is 3. The topological polar surface area (TPSA) is 78.3 Å². The summed E-state index contributed by atoms with van der Waals surface area (Å²) in [6.07, 6.45) is -4.13. The predicted octanol–water partition coefficient (Wildman–Crippen LogP) is 5.78. The number of alkyl halides is 3. The van der Waals surface area contributed by atoms with Crippen molar-refractivity contribution in [1.82, 2.24) is 9.97 Å². The number of benzene rings is 2. The fraction of sp³-hybridized carbons (Fsp3) is 0.364. The van der Waals surface area contributed by atoms with Crippen LogP contribution < -0.4 is 5.32 Å². The lowest BCUT2D eigenvalue weighted by Crippen LogP contribution is -2.55. The van der Waals surface area contributed by atoms with Gasteiger partial charge in [-0.3, -0.25) is 0 Å². The molecule has 1 aromatic heterocycles. The maximum atomic E-state index is 14.5. The summed E-state index contributed by atoms with van der Waals surface area (Å²) in [5.41, 5.74) is -2.62. The van der Waals surface area contributed by atoms with Gasteiger partial charge in [0.15, 0.2) is 5.60 Å². The molecule has 3 aromatic rings.